The standard InChI is InChI=1S/C13H17NO2/c1-10-3-4-13(12(9-10)11(2)15)14-5-7-16-8-6-14/h3-4,9H,5-8H2,1-2H3. The molecule has 1 aromatic carbocycles. The largest absolute Gasteiger partial charge is 0.378 e. The highest BCUT2D eigenvalue weighted by Crippen LogP contribution is 2.23. The van der Waals surface area contributed by atoms with Gasteiger partial charge in [-0.1, -0.05) is 11.6 Å². The molecule has 3 nitrogen and oxygen atoms in total. The topological polar surface area (TPSA) is 29.5 Å². The molecule has 1 fully saturated rings. The Labute approximate surface area is 96.0 Å². The lowest BCUT2D eigenvalue weighted by Gasteiger charge is -2.30. The van der Waals surface area contributed by atoms with Crippen molar-refractivity contribution in [1.82, 2.24) is 0 Å². The SMILES string of the molecule is CC(=O)c1cc(C)ccc1N1CCOCC1. The van der Waals surface area contributed by atoms with Gasteiger partial charge in [0.25, 0.3) is 0 Å². The van der Waals surface area contributed by atoms with Crippen LogP contribution in [-0.4, -0.2) is 32.1 Å². The lowest BCUT2D eigenvalue weighted by atomic mass is 10.0. The molecule has 0 aliphatic carbocycles. The van der Waals surface area contributed by atoms with Gasteiger partial charge < -0.3 is 9.64 Å². The van der Waals surface area contributed by atoms with Crippen LogP contribution >= 0.6 is 0 Å². The second kappa shape index (κ2) is 4.66. The van der Waals surface area contributed by atoms with Crippen LogP contribution in [-0.2, 0) is 4.74 Å². The number of hydrogen-bond donors (Lipinski definition) is 0. The Morgan fingerprint density at radius 1 is 1.31 bits per heavy atom. The molecule has 0 radical (unpaired) electrons. The highest BCUT2D eigenvalue weighted by atomic mass is 16.5. The molecule has 16 heavy (non-hydrogen) atoms. The summed E-state index contributed by atoms with van der Waals surface area (Å²) in [5.74, 6) is 0.130. The number of hydrogen-bond acceptors (Lipinski definition) is 3. The number of aryl methyl sites for hydroxylation is 1. The highest BCUT2D eigenvalue weighted by molar-refractivity contribution is 6.00. The Hall–Kier alpha value is -1.35. The number of carbonyl (C=O) groups excluding carboxylic acids is 1. The average Bonchev–Trinajstić information content (AvgIpc) is 2.30. The van der Waals surface area contributed by atoms with Crippen molar-refractivity contribution in [3.63, 3.8) is 0 Å². The summed E-state index contributed by atoms with van der Waals surface area (Å²) in [6, 6.07) is 6.06. The third-order valence-electron chi connectivity index (χ3n) is 2.88. The first-order valence-corrected chi connectivity index (χ1v) is 5.63. The second-order valence-corrected chi connectivity index (χ2v) is 4.18. The van der Waals surface area contributed by atoms with Crippen LogP contribution in [0.1, 0.15) is 22.8 Å². The molecular weight excluding hydrogens is 202 g/mol. The molecule has 0 unspecified atom stereocenters. The Morgan fingerprint density at radius 2 is 2.00 bits per heavy atom. The van der Waals surface area contributed by atoms with Crippen LogP contribution in [0.3, 0.4) is 0 Å². The third kappa shape index (κ3) is 2.25. The molecule has 0 amide bonds. The number of anilines is 1. The van der Waals surface area contributed by atoms with E-state index in [-0.39, 0.29) is 5.78 Å². The van der Waals surface area contributed by atoms with Crippen LogP contribution in [0.2, 0.25) is 0 Å². The van der Waals surface area contributed by atoms with Crippen LogP contribution in [0, 0.1) is 6.92 Å². The zero-order chi connectivity index (χ0) is 11.5. The minimum Gasteiger partial charge on any atom is -0.378 e. The Morgan fingerprint density at radius 3 is 2.62 bits per heavy atom. The van der Waals surface area contributed by atoms with E-state index < -0.39 is 0 Å². The van der Waals surface area contributed by atoms with E-state index >= 15 is 0 Å². The second-order valence-electron chi connectivity index (χ2n) is 4.18. The van der Waals surface area contributed by atoms with Gasteiger partial charge in [0, 0.05) is 24.3 Å². The van der Waals surface area contributed by atoms with E-state index in [1.807, 2.05) is 19.1 Å². The number of ether oxygens (including phenoxy) is 1. The van der Waals surface area contributed by atoms with Crippen molar-refractivity contribution in [2.24, 2.45) is 0 Å². The molecule has 0 atom stereocenters. The van der Waals surface area contributed by atoms with Crippen LogP contribution in [0.25, 0.3) is 0 Å². The molecule has 0 aromatic heterocycles. The van der Waals surface area contributed by atoms with Gasteiger partial charge in [0.15, 0.2) is 5.78 Å². The van der Waals surface area contributed by atoms with Gasteiger partial charge in [-0.3, -0.25) is 4.79 Å². The van der Waals surface area contributed by atoms with Crippen molar-refractivity contribution in [3.8, 4) is 0 Å². The number of rotatable bonds is 2. The fourth-order valence-electron chi connectivity index (χ4n) is 2.01. The van der Waals surface area contributed by atoms with Crippen molar-refractivity contribution < 1.29 is 9.53 Å². The van der Waals surface area contributed by atoms with Gasteiger partial charge in [0.2, 0.25) is 0 Å². The van der Waals surface area contributed by atoms with Crippen LogP contribution in [0.15, 0.2) is 18.2 Å². The fraction of sp³-hybridized carbons (Fsp3) is 0.462. The molecule has 3 heteroatoms. The summed E-state index contributed by atoms with van der Waals surface area (Å²) in [5.41, 5.74) is 2.99. The van der Waals surface area contributed by atoms with Crippen molar-refractivity contribution in [2.75, 3.05) is 31.2 Å². The minimum absolute atomic E-state index is 0.130. The van der Waals surface area contributed by atoms with Gasteiger partial charge in [-0.15, -0.1) is 0 Å². The summed E-state index contributed by atoms with van der Waals surface area (Å²) in [6.07, 6.45) is 0. The number of nitrogens with zero attached hydrogens (tertiary/aromatic N) is 1. The molecule has 1 heterocycles. The fourth-order valence-corrected chi connectivity index (χ4v) is 2.01. The first-order chi connectivity index (χ1) is 7.68. The molecule has 0 bridgehead atoms. The van der Waals surface area contributed by atoms with Crippen LogP contribution < -0.4 is 4.90 Å². The van der Waals surface area contributed by atoms with Gasteiger partial charge in [-0.2, -0.15) is 0 Å². The van der Waals surface area contributed by atoms with Gasteiger partial charge in [-0.25, -0.2) is 0 Å². The Bertz CT molecular complexity index is 395. The van der Waals surface area contributed by atoms with Crippen molar-refractivity contribution in [1.29, 1.82) is 0 Å². The highest BCUT2D eigenvalue weighted by Gasteiger charge is 2.16. The van der Waals surface area contributed by atoms with Crippen molar-refractivity contribution in [2.45, 2.75) is 13.8 Å². The lowest BCUT2D eigenvalue weighted by molar-refractivity contribution is 0.101. The van der Waals surface area contributed by atoms with E-state index in [0.717, 1.165) is 43.1 Å². The summed E-state index contributed by atoms with van der Waals surface area (Å²) >= 11 is 0. The van der Waals surface area contributed by atoms with Crippen LogP contribution in [0.5, 0.6) is 0 Å². The summed E-state index contributed by atoms with van der Waals surface area (Å²) in [6.45, 7) is 6.84. The zero-order valence-corrected chi connectivity index (χ0v) is 9.82. The normalized spacial score (nSPS) is 16.2. The van der Waals surface area contributed by atoms with Crippen LogP contribution in [0.4, 0.5) is 5.69 Å². The maximum atomic E-state index is 11.6. The number of carbonyl (C=O) groups is 1. The number of benzene rings is 1. The lowest BCUT2D eigenvalue weighted by Crippen LogP contribution is -2.37. The quantitative estimate of drug-likeness (QED) is 0.713. The first kappa shape index (κ1) is 11.1. The van der Waals surface area contributed by atoms with Gasteiger partial charge in [0.1, 0.15) is 0 Å². The van der Waals surface area contributed by atoms with Gasteiger partial charge in [-0.05, 0) is 26.0 Å². The van der Waals surface area contributed by atoms with E-state index in [0.29, 0.717) is 0 Å². The van der Waals surface area contributed by atoms with E-state index in [1.54, 1.807) is 6.92 Å². The van der Waals surface area contributed by atoms with E-state index in [2.05, 4.69) is 11.0 Å². The maximum Gasteiger partial charge on any atom is 0.161 e. The zero-order valence-electron chi connectivity index (χ0n) is 9.82. The molecule has 2 rings (SSSR count). The molecule has 1 aliphatic rings. The Kier molecular flexibility index (Phi) is 3.25. The first-order valence-electron chi connectivity index (χ1n) is 5.63. The monoisotopic (exact) mass is 219 g/mol. The van der Waals surface area contributed by atoms with E-state index in [4.69, 9.17) is 4.74 Å². The predicted molar refractivity (Wildman–Crippen MR) is 64.2 cm³/mol. The smallest absolute Gasteiger partial charge is 0.161 e. The Balaban J connectivity index is 2.34. The summed E-state index contributed by atoms with van der Waals surface area (Å²) in [5, 5.41) is 0. The maximum absolute atomic E-state index is 11.6. The number of morpholine rings is 1. The number of ketones is 1. The van der Waals surface area contributed by atoms with Gasteiger partial charge in [0.05, 0.1) is 13.2 Å². The molecule has 0 saturated carbocycles. The van der Waals surface area contributed by atoms with Crippen molar-refractivity contribution >= 4 is 11.5 Å². The average molecular weight is 219 g/mol. The third-order valence-corrected chi connectivity index (χ3v) is 2.88. The molecule has 0 spiro atoms. The van der Waals surface area contributed by atoms with Crippen molar-refractivity contribution in [3.05, 3.63) is 29.3 Å². The summed E-state index contributed by atoms with van der Waals surface area (Å²) in [7, 11) is 0. The van der Waals surface area contributed by atoms with Gasteiger partial charge >= 0.3 is 0 Å². The molecule has 1 aliphatic heterocycles. The molecule has 86 valence electrons. The molecular formula is C13H17NO2. The predicted octanol–water partition coefficient (Wildman–Crippen LogP) is 2.03. The molecule has 0 N–H and O–H groups in total. The summed E-state index contributed by atoms with van der Waals surface area (Å²) in [4.78, 5) is 13.8. The number of Topliss-reactive ketones (excluding diaryl/α,β-unsaturated/α-hetero) is 1. The molecule has 1 saturated heterocycles. The van der Waals surface area contributed by atoms with E-state index in [9.17, 15) is 4.79 Å². The van der Waals surface area contributed by atoms with E-state index in [1.165, 1.54) is 0 Å². The molecule has 1 aromatic rings. The minimum atomic E-state index is 0.130. The summed E-state index contributed by atoms with van der Waals surface area (Å²) < 4.78 is 5.32.